The molecule has 0 spiro atoms. The van der Waals surface area contributed by atoms with E-state index >= 15 is 0 Å². The number of rotatable bonds is 4. The standard InChI is InChI=1S/C11H18N2S/c1-4-10(12)11-6-5-9(7-13-11)14-8(2)3/h5-8,10H,4,12H2,1-3H3. The van der Waals surface area contributed by atoms with Gasteiger partial charge in [-0.3, -0.25) is 4.98 Å². The Bertz CT molecular complexity index is 269. The third kappa shape index (κ3) is 3.31. The molecule has 0 bridgehead atoms. The average Bonchev–Trinajstić information content (AvgIpc) is 2.17. The molecular weight excluding hydrogens is 192 g/mol. The number of nitrogens with two attached hydrogens (primary N) is 1. The number of pyridine rings is 1. The third-order valence-corrected chi connectivity index (χ3v) is 2.94. The highest BCUT2D eigenvalue weighted by Crippen LogP contribution is 2.22. The third-order valence-electron chi connectivity index (χ3n) is 1.95. The summed E-state index contributed by atoms with van der Waals surface area (Å²) in [7, 11) is 0. The van der Waals surface area contributed by atoms with E-state index in [2.05, 4.69) is 31.8 Å². The van der Waals surface area contributed by atoms with Crippen LogP contribution in [-0.4, -0.2) is 10.2 Å². The number of hydrogen-bond donors (Lipinski definition) is 1. The molecule has 1 rings (SSSR count). The maximum Gasteiger partial charge on any atom is 0.0571 e. The normalized spacial score (nSPS) is 13.2. The number of nitrogens with zero attached hydrogens (tertiary/aromatic N) is 1. The van der Waals surface area contributed by atoms with E-state index in [-0.39, 0.29) is 6.04 Å². The van der Waals surface area contributed by atoms with Crippen LogP contribution < -0.4 is 5.73 Å². The van der Waals surface area contributed by atoms with Gasteiger partial charge in [0.15, 0.2) is 0 Å². The summed E-state index contributed by atoms with van der Waals surface area (Å²) in [5.41, 5.74) is 6.86. The van der Waals surface area contributed by atoms with Crippen molar-refractivity contribution < 1.29 is 0 Å². The molecule has 1 aromatic heterocycles. The molecule has 2 nitrogen and oxygen atoms in total. The Morgan fingerprint density at radius 1 is 1.43 bits per heavy atom. The van der Waals surface area contributed by atoms with Crippen molar-refractivity contribution in [1.82, 2.24) is 4.98 Å². The van der Waals surface area contributed by atoms with E-state index in [1.807, 2.05) is 24.0 Å². The van der Waals surface area contributed by atoms with Crippen molar-refractivity contribution in [2.45, 2.75) is 43.4 Å². The maximum atomic E-state index is 5.88. The van der Waals surface area contributed by atoms with Gasteiger partial charge < -0.3 is 5.73 Å². The van der Waals surface area contributed by atoms with Gasteiger partial charge in [-0.2, -0.15) is 0 Å². The smallest absolute Gasteiger partial charge is 0.0571 e. The van der Waals surface area contributed by atoms with Crippen LogP contribution >= 0.6 is 11.8 Å². The van der Waals surface area contributed by atoms with E-state index in [9.17, 15) is 0 Å². The highest BCUT2D eigenvalue weighted by molar-refractivity contribution is 7.99. The summed E-state index contributed by atoms with van der Waals surface area (Å²) in [6.07, 6.45) is 2.85. The summed E-state index contributed by atoms with van der Waals surface area (Å²) in [6.45, 7) is 6.43. The minimum Gasteiger partial charge on any atom is -0.323 e. The molecule has 0 aromatic carbocycles. The van der Waals surface area contributed by atoms with Crippen molar-refractivity contribution in [3.63, 3.8) is 0 Å². The second-order valence-corrected chi connectivity index (χ2v) is 5.25. The first-order valence-corrected chi connectivity index (χ1v) is 5.89. The summed E-state index contributed by atoms with van der Waals surface area (Å²) < 4.78 is 0. The fourth-order valence-corrected chi connectivity index (χ4v) is 1.97. The van der Waals surface area contributed by atoms with Gasteiger partial charge in [-0.25, -0.2) is 0 Å². The monoisotopic (exact) mass is 210 g/mol. The quantitative estimate of drug-likeness (QED) is 0.776. The van der Waals surface area contributed by atoms with Crippen molar-refractivity contribution in [3.8, 4) is 0 Å². The molecule has 1 aromatic rings. The largest absolute Gasteiger partial charge is 0.323 e. The maximum absolute atomic E-state index is 5.88. The van der Waals surface area contributed by atoms with Gasteiger partial charge in [-0.05, 0) is 18.6 Å². The molecular formula is C11H18N2S. The van der Waals surface area contributed by atoms with Gasteiger partial charge in [0.05, 0.1) is 5.69 Å². The predicted molar refractivity (Wildman–Crippen MR) is 62.4 cm³/mol. The fraction of sp³-hybridized carbons (Fsp3) is 0.545. The molecule has 1 heterocycles. The zero-order valence-corrected chi connectivity index (χ0v) is 9.84. The van der Waals surface area contributed by atoms with Crippen molar-refractivity contribution >= 4 is 11.8 Å². The second kappa shape index (κ2) is 5.37. The summed E-state index contributed by atoms with van der Waals surface area (Å²) in [5, 5.41) is 0.600. The molecule has 0 aliphatic heterocycles. The van der Waals surface area contributed by atoms with E-state index in [1.165, 1.54) is 4.90 Å². The van der Waals surface area contributed by atoms with E-state index in [0.29, 0.717) is 5.25 Å². The van der Waals surface area contributed by atoms with Gasteiger partial charge in [0, 0.05) is 22.4 Å². The summed E-state index contributed by atoms with van der Waals surface area (Å²) in [5.74, 6) is 0. The molecule has 14 heavy (non-hydrogen) atoms. The molecule has 78 valence electrons. The first-order valence-electron chi connectivity index (χ1n) is 5.01. The molecule has 0 radical (unpaired) electrons. The minimum absolute atomic E-state index is 0.0769. The van der Waals surface area contributed by atoms with Gasteiger partial charge in [0.1, 0.15) is 0 Å². The van der Waals surface area contributed by atoms with E-state index in [0.717, 1.165) is 12.1 Å². The number of hydrogen-bond acceptors (Lipinski definition) is 3. The molecule has 0 fully saturated rings. The Balaban J connectivity index is 2.68. The second-order valence-electron chi connectivity index (χ2n) is 3.60. The van der Waals surface area contributed by atoms with Crippen LogP contribution in [0.5, 0.6) is 0 Å². The highest BCUT2D eigenvalue weighted by atomic mass is 32.2. The lowest BCUT2D eigenvalue weighted by Gasteiger charge is -2.09. The average molecular weight is 210 g/mol. The Morgan fingerprint density at radius 2 is 2.14 bits per heavy atom. The van der Waals surface area contributed by atoms with Crippen LogP contribution in [0, 0.1) is 0 Å². The lowest BCUT2D eigenvalue weighted by atomic mass is 10.1. The molecule has 0 amide bonds. The predicted octanol–water partition coefficient (Wildman–Crippen LogP) is 2.99. The van der Waals surface area contributed by atoms with Crippen LogP contribution in [0.4, 0.5) is 0 Å². The van der Waals surface area contributed by atoms with Crippen LogP contribution in [0.2, 0.25) is 0 Å². The molecule has 2 N–H and O–H groups in total. The summed E-state index contributed by atoms with van der Waals surface area (Å²) in [6, 6.07) is 4.20. The van der Waals surface area contributed by atoms with Gasteiger partial charge in [0.25, 0.3) is 0 Å². The lowest BCUT2D eigenvalue weighted by molar-refractivity contribution is 0.674. The zero-order valence-electron chi connectivity index (χ0n) is 9.03. The van der Waals surface area contributed by atoms with Gasteiger partial charge in [-0.1, -0.05) is 20.8 Å². The van der Waals surface area contributed by atoms with Crippen LogP contribution in [0.25, 0.3) is 0 Å². The number of aromatic nitrogens is 1. The van der Waals surface area contributed by atoms with Crippen LogP contribution in [0.3, 0.4) is 0 Å². The van der Waals surface area contributed by atoms with E-state index in [4.69, 9.17) is 5.73 Å². The van der Waals surface area contributed by atoms with Gasteiger partial charge in [0.2, 0.25) is 0 Å². The molecule has 0 aliphatic carbocycles. The minimum atomic E-state index is 0.0769. The Labute approximate surface area is 90.3 Å². The zero-order chi connectivity index (χ0) is 10.6. The number of thioether (sulfide) groups is 1. The SMILES string of the molecule is CCC(N)c1ccc(SC(C)C)cn1. The molecule has 0 saturated heterocycles. The molecule has 0 saturated carbocycles. The van der Waals surface area contributed by atoms with Gasteiger partial charge in [-0.15, -0.1) is 11.8 Å². The molecule has 1 unspecified atom stereocenters. The molecule has 1 atom stereocenters. The molecule has 3 heteroatoms. The van der Waals surface area contributed by atoms with Gasteiger partial charge >= 0.3 is 0 Å². The molecule has 0 aliphatic rings. The lowest BCUT2D eigenvalue weighted by Crippen LogP contribution is -2.10. The Hall–Kier alpha value is -0.540. The first kappa shape index (κ1) is 11.5. The summed E-state index contributed by atoms with van der Waals surface area (Å²) in [4.78, 5) is 5.57. The highest BCUT2D eigenvalue weighted by Gasteiger charge is 2.05. The van der Waals surface area contributed by atoms with Crippen molar-refractivity contribution in [3.05, 3.63) is 24.0 Å². The van der Waals surface area contributed by atoms with E-state index < -0.39 is 0 Å². The Kier molecular flexibility index (Phi) is 4.42. The summed E-state index contributed by atoms with van der Waals surface area (Å²) >= 11 is 1.82. The van der Waals surface area contributed by atoms with Crippen LogP contribution in [0.15, 0.2) is 23.2 Å². The topological polar surface area (TPSA) is 38.9 Å². The Morgan fingerprint density at radius 3 is 2.57 bits per heavy atom. The fourth-order valence-electron chi connectivity index (χ4n) is 1.16. The first-order chi connectivity index (χ1) is 6.63. The van der Waals surface area contributed by atoms with Crippen molar-refractivity contribution in [2.75, 3.05) is 0 Å². The van der Waals surface area contributed by atoms with Crippen molar-refractivity contribution in [1.29, 1.82) is 0 Å². The van der Waals surface area contributed by atoms with Crippen molar-refractivity contribution in [2.24, 2.45) is 5.73 Å². The van der Waals surface area contributed by atoms with Crippen LogP contribution in [-0.2, 0) is 0 Å². The van der Waals surface area contributed by atoms with Crippen LogP contribution in [0.1, 0.15) is 38.9 Å². The van der Waals surface area contributed by atoms with E-state index in [1.54, 1.807) is 0 Å².